The molecule has 1 aliphatic heterocycles. The third-order valence-electron chi connectivity index (χ3n) is 2.59. The Bertz CT molecular complexity index is 260. The Hall–Kier alpha value is -0.860. The first kappa shape index (κ1) is 8.73. The van der Waals surface area contributed by atoms with E-state index in [0.29, 0.717) is 6.04 Å². The number of likely N-dealkylation sites (N-methyl/N-ethyl adjacent to an activating group) is 1. The molecule has 0 bridgehead atoms. The molecule has 2 heteroatoms. The van der Waals surface area contributed by atoms with Gasteiger partial charge in [0.05, 0.1) is 6.10 Å². The Labute approximate surface area is 78.9 Å². The minimum atomic E-state index is 0.242. The second-order valence-electron chi connectivity index (χ2n) is 3.39. The van der Waals surface area contributed by atoms with Gasteiger partial charge in [0.2, 0.25) is 0 Å². The summed E-state index contributed by atoms with van der Waals surface area (Å²) in [6.07, 6.45) is 1.35. The van der Waals surface area contributed by atoms with Crippen LogP contribution in [0.4, 0.5) is 0 Å². The molecule has 2 atom stereocenters. The summed E-state index contributed by atoms with van der Waals surface area (Å²) in [4.78, 5) is 0. The van der Waals surface area contributed by atoms with E-state index in [-0.39, 0.29) is 6.10 Å². The molecule has 0 radical (unpaired) electrons. The summed E-state index contributed by atoms with van der Waals surface area (Å²) in [5, 5.41) is 3.29. The molecule has 1 aliphatic rings. The van der Waals surface area contributed by atoms with E-state index in [2.05, 4.69) is 29.6 Å². The van der Waals surface area contributed by atoms with E-state index in [1.54, 1.807) is 0 Å². The van der Waals surface area contributed by atoms with E-state index in [0.717, 1.165) is 13.0 Å². The van der Waals surface area contributed by atoms with Crippen LogP contribution < -0.4 is 5.32 Å². The van der Waals surface area contributed by atoms with Crippen molar-refractivity contribution in [2.75, 3.05) is 13.7 Å². The van der Waals surface area contributed by atoms with Gasteiger partial charge in [-0.15, -0.1) is 0 Å². The van der Waals surface area contributed by atoms with Gasteiger partial charge in [-0.3, -0.25) is 0 Å². The van der Waals surface area contributed by atoms with Crippen molar-refractivity contribution in [3.05, 3.63) is 35.9 Å². The molecule has 1 saturated heterocycles. The van der Waals surface area contributed by atoms with Crippen LogP contribution in [0.1, 0.15) is 18.1 Å². The Morgan fingerprint density at radius 1 is 1.31 bits per heavy atom. The summed E-state index contributed by atoms with van der Waals surface area (Å²) in [7, 11) is 2.00. The van der Waals surface area contributed by atoms with E-state index >= 15 is 0 Å². The SMILES string of the molecule is CN[C@@H]1CCO[C@H]1c1ccccc1. The molecule has 2 rings (SSSR count). The van der Waals surface area contributed by atoms with Crippen LogP contribution in [0.5, 0.6) is 0 Å². The lowest BCUT2D eigenvalue weighted by Gasteiger charge is -2.17. The van der Waals surface area contributed by atoms with Gasteiger partial charge in [-0.05, 0) is 19.0 Å². The van der Waals surface area contributed by atoms with Gasteiger partial charge in [0.15, 0.2) is 0 Å². The molecule has 1 fully saturated rings. The fraction of sp³-hybridized carbons (Fsp3) is 0.455. The third-order valence-corrected chi connectivity index (χ3v) is 2.59. The fourth-order valence-corrected chi connectivity index (χ4v) is 1.86. The van der Waals surface area contributed by atoms with Crippen molar-refractivity contribution >= 4 is 0 Å². The topological polar surface area (TPSA) is 21.3 Å². The van der Waals surface area contributed by atoms with Gasteiger partial charge in [0, 0.05) is 12.6 Å². The number of benzene rings is 1. The molecule has 0 amide bonds. The molecule has 1 heterocycles. The number of hydrogen-bond donors (Lipinski definition) is 1. The molecule has 0 spiro atoms. The normalized spacial score (nSPS) is 27.8. The molecule has 0 unspecified atom stereocenters. The zero-order chi connectivity index (χ0) is 9.10. The second-order valence-corrected chi connectivity index (χ2v) is 3.39. The predicted octanol–water partition coefficient (Wildman–Crippen LogP) is 1.74. The average molecular weight is 177 g/mol. The summed E-state index contributed by atoms with van der Waals surface area (Å²) < 4.78 is 5.68. The molecule has 0 aromatic heterocycles. The highest BCUT2D eigenvalue weighted by Gasteiger charge is 2.27. The quantitative estimate of drug-likeness (QED) is 0.743. The molecular formula is C11H15NO. The van der Waals surface area contributed by atoms with Crippen molar-refractivity contribution in [2.24, 2.45) is 0 Å². The molecule has 1 aromatic carbocycles. The molecule has 70 valence electrons. The van der Waals surface area contributed by atoms with E-state index in [9.17, 15) is 0 Å². The first-order valence-electron chi connectivity index (χ1n) is 4.75. The number of hydrogen-bond acceptors (Lipinski definition) is 2. The largest absolute Gasteiger partial charge is 0.372 e. The molecule has 1 N–H and O–H groups in total. The van der Waals surface area contributed by atoms with E-state index in [4.69, 9.17) is 4.74 Å². The van der Waals surface area contributed by atoms with Crippen LogP contribution >= 0.6 is 0 Å². The standard InChI is InChI=1S/C11H15NO/c1-12-10-7-8-13-11(10)9-5-3-2-4-6-9/h2-6,10-12H,7-8H2,1H3/t10-,11+/m1/s1. The van der Waals surface area contributed by atoms with Crippen LogP contribution in [0.15, 0.2) is 30.3 Å². The summed E-state index contributed by atoms with van der Waals surface area (Å²) in [6.45, 7) is 0.866. The van der Waals surface area contributed by atoms with Crippen LogP contribution in [0.2, 0.25) is 0 Å². The molecule has 13 heavy (non-hydrogen) atoms. The van der Waals surface area contributed by atoms with Crippen LogP contribution in [0.25, 0.3) is 0 Å². The van der Waals surface area contributed by atoms with Gasteiger partial charge < -0.3 is 10.1 Å². The second kappa shape index (κ2) is 3.90. The molecule has 0 aliphatic carbocycles. The van der Waals surface area contributed by atoms with Gasteiger partial charge in [-0.25, -0.2) is 0 Å². The Morgan fingerprint density at radius 2 is 2.08 bits per heavy atom. The zero-order valence-electron chi connectivity index (χ0n) is 7.86. The van der Waals surface area contributed by atoms with Crippen molar-refractivity contribution in [1.82, 2.24) is 5.32 Å². The van der Waals surface area contributed by atoms with E-state index in [1.807, 2.05) is 13.1 Å². The maximum Gasteiger partial charge on any atom is 0.0978 e. The van der Waals surface area contributed by atoms with Gasteiger partial charge in [0.1, 0.15) is 0 Å². The smallest absolute Gasteiger partial charge is 0.0978 e. The fourth-order valence-electron chi connectivity index (χ4n) is 1.86. The number of nitrogens with one attached hydrogen (secondary N) is 1. The average Bonchev–Trinajstić information content (AvgIpc) is 2.67. The third kappa shape index (κ3) is 1.74. The van der Waals surface area contributed by atoms with Crippen LogP contribution in [-0.2, 0) is 4.74 Å². The lowest BCUT2D eigenvalue weighted by Crippen LogP contribution is -2.27. The van der Waals surface area contributed by atoms with Gasteiger partial charge >= 0.3 is 0 Å². The number of ether oxygens (including phenoxy) is 1. The van der Waals surface area contributed by atoms with Crippen LogP contribution in [0.3, 0.4) is 0 Å². The molecule has 0 saturated carbocycles. The predicted molar refractivity (Wildman–Crippen MR) is 52.6 cm³/mol. The minimum Gasteiger partial charge on any atom is -0.372 e. The van der Waals surface area contributed by atoms with Crippen molar-refractivity contribution < 1.29 is 4.74 Å². The Balaban J connectivity index is 2.16. The van der Waals surface area contributed by atoms with Crippen LogP contribution in [-0.4, -0.2) is 19.7 Å². The monoisotopic (exact) mass is 177 g/mol. The summed E-state index contributed by atoms with van der Waals surface area (Å²) in [6, 6.07) is 10.9. The lowest BCUT2D eigenvalue weighted by molar-refractivity contribution is 0.100. The van der Waals surface area contributed by atoms with Gasteiger partial charge in [0.25, 0.3) is 0 Å². The molecule has 1 aromatic rings. The van der Waals surface area contributed by atoms with Crippen molar-refractivity contribution in [2.45, 2.75) is 18.6 Å². The Morgan fingerprint density at radius 3 is 2.77 bits per heavy atom. The highest BCUT2D eigenvalue weighted by Crippen LogP contribution is 2.28. The first-order valence-corrected chi connectivity index (χ1v) is 4.75. The summed E-state index contributed by atoms with van der Waals surface area (Å²) in [5.74, 6) is 0. The van der Waals surface area contributed by atoms with E-state index in [1.165, 1.54) is 5.56 Å². The lowest BCUT2D eigenvalue weighted by atomic mass is 10.0. The highest BCUT2D eigenvalue weighted by molar-refractivity contribution is 5.20. The van der Waals surface area contributed by atoms with E-state index < -0.39 is 0 Å². The maximum absolute atomic E-state index is 5.68. The molecule has 2 nitrogen and oxygen atoms in total. The van der Waals surface area contributed by atoms with Gasteiger partial charge in [-0.1, -0.05) is 30.3 Å². The van der Waals surface area contributed by atoms with Crippen molar-refractivity contribution in [3.8, 4) is 0 Å². The highest BCUT2D eigenvalue weighted by atomic mass is 16.5. The summed E-state index contributed by atoms with van der Waals surface area (Å²) >= 11 is 0. The first-order chi connectivity index (χ1) is 6.42. The maximum atomic E-state index is 5.68. The zero-order valence-corrected chi connectivity index (χ0v) is 7.86. The van der Waals surface area contributed by atoms with Crippen molar-refractivity contribution in [1.29, 1.82) is 0 Å². The van der Waals surface area contributed by atoms with Crippen LogP contribution in [0, 0.1) is 0 Å². The Kier molecular flexibility index (Phi) is 2.62. The molecular weight excluding hydrogens is 162 g/mol. The number of rotatable bonds is 2. The summed E-state index contributed by atoms with van der Waals surface area (Å²) in [5.41, 5.74) is 1.28. The van der Waals surface area contributed by atoms with Crippen molar-refractivity contribution in [3.63, 3.8) is 0 Å². The minimum absolute atomic E-state index is 0.242. The van der Waals surface area contributed by atoms with Gasteiger partial charge in [-0.2, -0.15) is 0 Å².